The Morgan fingerprint density at radius 2 is 2.22 bits per heavy atom. The number of thioether (sulfide) groups is 1. The van der Waals surface area contributed by atoms with E-state index < -0.39 is 0 Å². The summed E-state index contributed by atoms with van der Waals surface area (Å²) in [5.41, 5.74) is 1.15. The predicted octanol–water partition coefficient (Wildman–Crippen LogP) is 2.31. The molecule has 1 aliphatic rings. The van der Waals surface area contributed by atoms with Crippen LogP contribution in [0.3, 0.4) is 0 Å². The summed E-state index contributed by atoms with van der Waals surface area (Å²) in [5, 5.41) is 12.2. The molecule has 7 heteroatoms. The van der Waals surface area contributed by atoms with Gasteiger partial charge in [0, 0.05) is 31.1 Å². The lowest BCUT2D eigenvalue weighted by Gasteiger charge is -2.10. The third-order valence-electron chi connectivity index (χ3n) is 4.16. The van der Waals surface area contributed by atoms with E-state index in [1.165, 1.54) is 0 Å². The fraction of sp³-hybridized carbons (Fsp3) is 0.500. The van der Waals surface area contributed by atoms with Crippen LogP contribution >= 0.6 is 11.8 Å². The van der Waals surface area contributed by atoms with E-state index in [1.807, 2.05) is 29.9 Å². The summed E-state index contributed by atoms with van der Waals surface area (Å²) >= 11 is 1.62. The lowest BCUT2D eigenvalue weighted by Crippen LogP contribution is -2.29. The van der Waals surface area contributed by atoms with E-state index >= 15 is 0 Å². The first-order chi connectivity index (χ1) is 11.2. The maximum absolute atomic E-state index is 12.1. The van der Waals surface area contributed by atoms with E-state index in [9.17, 15) is 4.79 Å². The number of nitrogens with one attached hydrogen (secondary N) is 1. The second-order valence-electron chi connectivity index (χ2n) is 5.81. The van der Waals surface area contributed by atoms with Crippen molar-refractivity contribution in [2.45, 2.75) is 43.1 Å². The van der Waals surface area contributed by atoms with Crippen molar-refractivity contribution >= 4 is 17.7 Å². The first-order valence-electron chi connectivity index (χ1n) is 7.91. The summed E-state index contributed by atoms with van der Waals surface area (Å²) in [7, 11) is 1.93. The molecule has 1 aliphatic carbocycles. The van der Waals surface area contributed by atoms with Crippen LogP contribution in [0.4, 0.5) is 0 Å². The molecule has 1 N–H and O–H groups in total. The van der Waals surface area contributed by atoms with Crippen LogP contribution in [0.5, 0.6) is 0 Å². The molecule has 0 bridgehead atoms. The number of aromatic nitrogens is 4. The van der Waals surface area contributed by atoms with Gasteiger partial charge in [-0.25, -0.2) is 0 Å². The zero-order valence-corrected chi connectivity index (χ0v) is 14.1. The molecule has 2 heterocycles. The van der Waals surface area contributed by atoms with E-state index in [2.05, 4.69) is 20.5 Å². The van der Waals surface area contributed by atoms with Crippen molar-refractivity contribution in [1.82, 2.24) is 25.1 Å². The van der Waals surface area contributed by atoms with Gasteiger partial charge >= 0.3 is 0 Å². The number of carbonyl (C=O) groups is 1. The molecule has 122 valence electrons. The van der Waals surface area contributed by atoms with Gasteiger partial charge in [0.15, 0.2) is 11.0 Å². The summed E-state index contributed by atoms with van der Waals surface area (Å²) in [6.07, 6.45) is 7.97. The monoisotopic (exact) mass is 331 g/mol. The van der Waals surface area contributed by atoms with Crippen LogP contribution < -0.4 is 5.32 Å². The molecule has 0 unspecified atom stereocenters. The normalized spacial score (nSPS) is 15.0. The molecular formula is C16H21N5OS. The summed E-state index contributed by atoms with van der Waals surface area (Å²) in [4.78, 5) is 16.2. The van der Waals surface area contributed by atoms with Gasteiger partial charge in [-0.05, 0) is 24.5 Å². The van der Waals surface area contributed by atoms with Crippen molar-refractivity contribution < 1.29 is 4.79 Å². The zero-order valence-electron chi connectivity index (χ0n) is 13.2. The first-order valence-corrected chi connectivity index (χ1v) is 8.90. The van der Waals surface area contributed by atoms with Crippen LogP contribution in [-0.2, 0) is 24.1 Å². The molecule has 0 atom stereocenters. The lowest BCUT2D eigenvalue weighted by atomic mass is 10.1. The predicted molar refractivity (Wildman–Crippen MR) is 88.6 cm³/mol. The molecule has 2 aromatic rings. The fourth-order valence-electron chi connectivity index (χ4n) is 2.75. The van der Waals surface area contributed by atoms with Crippen LogP contribution in [0.2, 0.25) is 0 Å². The Balaban J connectivity index is 1.53. The molecular weight excluding hydrogens is 310 g/mol. The van der Waals surface area contributed by atoms with Crippen molar-refractivity contribution in [2.75, 3.05) is 0 Å². The van der Waals surface area contributed by atoms with Gasteiger partial charge in [0.1, 0.15) is 0 Å². The molecule has 1 fully saturated rings. The summed E-state index contributed by atoms with van der Waals surface area (Å²) in [6, 6.07) is 3.97. The van der Waals surface area contributed by atoms with Crippen molar-refractivity contribution in [1.29, 1.82) is 0 Å². The fourth-order valence-corrected chi connectivity index (χ4v) is 3.62. The molecule has 1 saturated carbocycles. The lowest BCUT2D eigenvalue weighted by molar-refractivity contribution is -0.125. The van der Waals surface area contributed by atoms with Gasteiger partial charge < -0.3 is 9.88 Å². The average Bonchev–Trinajstić information content (AvgIpc) is 3.22. The van der Waals surface area contributed by atoms with Gasteiger partial charge in [0.2, 0.25) is 5.91 Å². The Bertz CT molecular complexity index is 652. The number of amides is 1. The Morgan fingerprint density at radius 1 is 1.39 bits per heavy atom. The maximum atomic E-state index is 12.1. The second kappa shape index (κ2) is 7.59. The average molecular weight is 331 g/mol. The quantitative estimate of drug-likeness (QED) is 0.822. The largest absolute Gasteiger partial charge is 0.349 e. The third-order valence-corrected chi connectivity index (χ3v) is 5.25. The van der Waals surface area contributed by atoms with E-state index in [-0.39, 0.29) is 11.8 Å². The smallest absolute Gasteiger partial charge is 0.223 e. The SMILES string of the molecule is Cn1c(CNC(=O)C2CCCC2)nnc1SCc1cccnc1. The van der Waals surface area contributed by atoms with Gasteiger partial charge in [-0.3, -0.25) is 9.78 Å². The van der Waals surface area contributed by atoms with Gasteiger partial charge in [-0.1, -0.05) is 30.7 Å². The summed E-state index contributed by atoms with van der Waals surface area (Å²) < 4.78 is 1.94. The first kappa shape index (κ1) is 16.0. The topological polar surface area (TPSA) is 72.7 Å². The zero-order chi connectivity index (χ0) is 16.1. The molecule has 0 aliphatic heterocycles. The molecule has 23 heavy (non-hydrogen) atoms. The van der Waals surface area contributed by atoms with E-state index in [0.717, 1.165) is 48.0 Å². The molecule has 0 spiro atoms. The third kappa shape index (κ3) is 4.10. The van der Waals surface area contributed by atoms with Gasteiger partial charge in [0.05, 0.1) is 6.54 Å². The van der Waals surface area contributed by atoms with Crippen molar-refractivity contribution in [3.63, 3.8) is 0 Å². The highest BCUT2D eigenvalue weighted by atomic mass is 32.2. The molecule has 0 radical (unpaired) electrons. The minimum Gasteiger partial charge on any atom is -0.349 e. The number of carbonyl (C=O) groups excluding carboxylic acids is 1. The van der Waals surface area contributed by atoms with Crippen molar-refractivity contribution in [2.24, 2.45) is 13.0 Å². The minimum atomic E-state index is 0.148. The molecule has 1 amide bonds. The summed E-state index contributed by atoms with van der Waals surface area (Å²) in [5.74, 6) is 1.91. The molecule has 3 rings (SSSR count). The van der Waals surface area contributed by atoms with Crippen LogP contribution in [-0.4, -0.2) is 25.7 Å². The standard InChI is InChI=1S/C16H21N5OS/c1-21-14(10-18-15(22)13-6-2-3-7-13)19-20-16(21)23-11-12-5-4-8-17-9-12/h4-5,8-9,13H,2-3,6-7,10-11H2,1H3,(H,18,22). The molecule has 2 aromatic heterocycles. The number of nitrogens with zero attached hydrogens (tertiary/aromatic N) is 4. The van der Waals surface area contributed by atoms with Crippen molar-refractivity contribution in [3.05, 3.63) is 35.9 Å². The van der Waals surface area contributed by atoms with E-state index in [4.69, 9.17) is 0 Å². The Hall–Kier alpha value is -1.89. The van der Waals surface area contributed by atoms with Gasteiger partial charge in [0.25, 0.3) is 0 Å². The molecule has 0 saturated heterocycles. The highest BCUT2D eigenvalue weighted by Gasteiger charge is 2.22. The number of pyridine rings is 1. The Kier molecular flexibility index (Phi) is 5.27. The van der Waals surface area contributed by atoms with Crippen LogP contribution in [0.1, 0.15) is 37.1 Å². The van der Waals surface area contributed by atoms with E-state index in [1.54, 1.807) is 18.0 Å². The van der Waals surface area contributed by atoms with Crippen LogP contribution in [0.25, 0.3) is 0 Å². The second-order valence-corrected chi connectivity index (χ2v) is 6.75. The Morgan fingerprint density at radius 3 is 2.96 bits per heavy atom. The number of rotatable bonds is 6. The molecule has 6 nitrogen and oxygen atoms in total. The van der Waals surface area contributed by atoms with Crippen LogP contribution in [0, 0.1) is 5.92 Å². The van der Waals surface area contributed by atoms with E-state index in [0.29, 0.717) is 6.54 Å². The highest BCUT2D eigenvalue weighted by Crippen LogP contribution is 2.25. The maximum Gasteiger partial charge on any atom is 0.223 e. The van der Waals surface area contributed by atoms with Crippen LogP contribution in [0.15, 0.2) is 29.7 Å². The number of hydrogen-bond donors (Lipinski definition) is 1. The summed E-state index contributed by atoms with van der Waals surface area (Å²) in [6.45, 7) is 0.437. The Labute approximate surface area is 140 Å². The molecule has 0 aromatic carbocycles. The highest BCUT2D eigenvalue weighted by molar-refractivity contribution is 7.98. The van der Waals surface area contributed by atoms with Gasteiger partial charge in [-0.2, -0.15) is 0 Å². The van der Waals surface area contributed by atoms with Crippen molar-refractivity contribution in [3.8, 4) is 0 Å². The number of hydrogen-bond acceptors (Lipinski definition) is 5. The van der Waals surface area contributed by atoms with Gasteiger partial charge in [-0.15, -0.1) is 10.2 Å². The minimum absolute atomic E-state index is 0.148.